The van der Waals surface area contributed by atoms with Gasteiger partial charge in [0.05, 0.1) is 11.6 Å². The molecule has 3 heterocycles. The monoisotopic (exact) mass is 389 g/mol. The first-order valence-corrected chi connectivity index (χ1v) is 11.1. The minimum absolute atomic E-state index is 0.0375. The summed E-state index contributed by atoms with van der Waals surface area (Å²) in [5, 5.41) is 0. The van der Waals surface area contributed by atoms with Gasteiger partial charge < -0.3 is 4.90 Å². The second-order valence-electron chi connectivity index (χ2n) is 9.41. The zero-order valence-corrected chi connectivity index (χ0v) is 17.4. The second kappa shape index (κ2) is 7.56. The fraction of sp³-hybridized carbons (Fsp3) is 0.520. The highest BCUT2D eigenvalue weighted by Crippen LogP contribution is 2.48. The summed E-state index contributed by atoms with van der Waals surface area (Å²) in [6.07, 6.45) is 5.75. The van der Waals surface area contributed by atoms with Crippen LogP contribution in [0, 0.1) is 12.3 Å². The molecule has 0 N–H and O–H groups in total. The number of pyridine rings is 1. The molecule has 1 spiro atoms. The first-order valence-electron chi connectivity index (χ1n) is 11.1. The minimum atomic E-state index is 0.0375. The maximum Gasteiger partial charge on any atom is 0.230 e. The highest BCUT2D eigenvalue weighted by molar-refractivity contribution is 5.85. The van der Waals surface area contributed by atoms with Gasteiger partial charge in [0.2, 0.25) is 5.91 Å². The molecule has 3 aliphatic rings. The molecule has 4 heteroatoms. The zero-order chi connectivity index (χ0) is 19.8. The molecular formula is C25H31N3O. The van der Waals surface area contributed by atoms with Gasteiger partial charge in [0.25, 0.3) is 0 Å². The van der Waals surface area contributed by atoms with Crippen molar-refractivity contribution in [2.24, 2.45) is 5.41 Å². The lowest BCUT2D eigenvalue weighted by Crippen LogP contribution is -2.54. The molecule has 1 aliphatic carbocycles. The lowest BCUT2D eigenvalue weighted by molar-refractivity contribution is -0.142. The molecule has 0 radical (unpaired) electrons. The summed E-state index contributed by atoms with van der Waals surface area (Å²) in [5.74, 6) is 0.409. The minimum Gasteiger partial charge on any atom is -0.339 e. The van der Waals surface area contributed by atoms with Crippen LogP contribution >= 0.6 is 0 Å². The van der Waals surface area contributed by atoms with Crippen LogP contribution in [0.1, 0.15) is 55.0 Å². The number of aryl methyl sites for hydroxylation is 1. The Balaban J connectivity index is 1.31. The van der Waals surface area contributed by atoms with Crippen LogP contribution < -0.4 is 0 Å². The molecule has 3 fully saturated rings. The molecule has 1 amide bonds. The summed E-state index contributed by atoms with van der Waals surface area (Å²) in [4.78, 5) is 22.8. The summed E-state index contributed by atoms with van der Waals surface area (Å²) in [6.45, 7) is 6.17. The Morgan fingerprint density at radius 3 is 2.48 bits per heavy atom. The van der Waals surface area contributed by atoms with Gasteiger partial charge in [-0.1, -0.05) is 36.4 Å². The lowest BCUT2D eigenvalue weighted by atomic mass is 9.67. The predicted octanol–water partition coefficient (Wildman–Crippen LogP) is 4.15. The van der Waals surface area contributed by atoms with E-state index >= 15 is 0 Å². The number of benzene rings is 1. The van der Waals surface area contributed by atoms with Crippen molar-refractivity contribution in [1.29, 1.82) is 0 Å². The molecule has 0 unspecified atom stereocenters. The molecule has 5 rings (SSSR count). The topological polar surface area (TPSA) is 36.4 Å². The van der Waals surface area contributed by atoms with Crippen molar-refractivity contribution in [2.45, 2.75) is 57.5 Å². The Labute approximate surface area is 173 Å². The molecule has 1 aromatic heterocycles. The van der Waals surface area contributed by atoms with Crippen LogP contribution in [-0.4, -0.2) is 46.4 Å². The average molecular weight is 390 g/mol. The molecule has 152 valence electrons. The van der Waals surface area contributed by atoms with Crippen LogP contribution in [0.3, 0.4) is 0 Å². The number of rotatable bonds is 4. The number of hydrogen-bond donors (Lipinski definition) is 0. The maximum absolute atomic E-state index is 13.3. The molecule has 29 heavy (non-hydrogen) atoms. The van der Waals surface area contributed by atoms with Crippen LogP contribution in [0.4, 0.5) is 0 Å². The summed E-state index contributed by atoms with van der Waals surface area (Å²) in [6, 6.07) is 17.3. The summed E-state index contributed by atoms with van der Waals surface area (Å²) in [7, 11) is 0. The average Bonchev–Trinajstić information content (AvgIpc) is 3.58. The van der Waals surface area contributed by atoms with E-state index < -0.39 is 0 Å². The fourth-order valence-electron chi connectivity index (χ4n) is 5.33. The largest absolute Gasteiger partial charge is 0.339 e. The van der Waals surface area contributed by atoms with Crippen molar-refractivity contribution < 1.29 is 4.79 Å². The van der Waals surface area contributed by atoms with E-state index in [2.05, 4.69) is 64.2 Å². The third kappa shape index (κ3) is 3.95. The summed E-state index contributed by atoms with van der Waals surface area (Å²) in [5.41, 5.74) is 3.73. The summed E-state index contributed by atoms with van der Waals surface area (Å²) >= 11 is 0. The molecule has 1 saturated carbocycles. The number of aromatic nitrogens is 1. The fourth-order valence-corrected chi connectivity index (χ4v) is 5.33. The lowest BCUT2D eigenvalue weighted by Gasteiger charge is -2.50. The SMILES string of the molecule is Cc1cccc(CN2CCC3(CC2)C[C@H](c2ccccc2)C(=O)N(C2CC2)C3)n1. The van der Waals surface area contributed by atoms with Gasteiger partial charge in [0, 0.05) is 24.8 Å². The third-order valence-electron chi connectivity index (χ3n) is 7.16. The number of piperidine rings is 2. The van der Waals surface area contributed by atoms with E-state index in [1.54, 1.807) is 0 Å². The van der Waals surface area contributed by atoms with Crippen molar-refractivity contribution >= 4 is 5.91 Å². The van der Waals surface area contributed by atoms with Gasteiger partial charge in [-0.25, -0.2) is 0 Å². The Morgan fingerprint density at radius 2 is 1.79 bits per heavy atom. The highest BCUT2D eigenvalue weighted by atomic mass is 16.2. The first kappa shape index (κ1) is 18.8. The van der Waals surface area contributed by atoms with E-state index in [1.807, 2.05) is 6.07 Å². The van der Waals surface area contributed by atoms with Crippen LogP contribution in [0.5, 0.6) is 0 Å². The molecule has 2 aromatic rings. The van der Waals surface area contributed by atoms with Crippen LogP contribution in [0.25, 0.3) is 0 Å². The first-order chi connectivity index (χ1) is 14.1. The molecular weight excluding hydrogens is 358 g/mol. The van der Waals surface area contributed by atoms with E-state index in [-0.39, 0.29) is 11.3 Å². The van der Waals surface area contributed by atoms with Gasteiger partial charge in [0.1, 0.15) is 0 Å². The number of carbonyl (C=O) groups is 1. The number of likely N-dealkylation sites (tertiary alicyclic amines) is 2. The number of amides is 1. The van der Waals surface area contributed by atoms with Crippen molar-refractivity contribution in [3.8, 4) is 0 Å². The van der Waals surface area contributed by atoms with Gasteiger partial charge in [-0.3, -0.25) is 14.7 Å². The predicted molar refractivity (Wildman–Crippen MR) is 114 cm³/mol. The van der Waals surface area contributed by atoms with Gasteiger partial charge in [-0.2, -0.15) is 0 Å². The smallest absolute Gasteiger partial charge is 0.230 e. The van der Waals surface area contributed by atoms with Crippen LogP contribution in [0.2, 0.25) is 0 Å². The van der Waals surface area contributed by atoms with Crippen LogP contribution in [-0.2, 0) is 11.3 Å². The van der Waals surface area contributed by atoms with Crippen LogP contribution in [0.15, 0.2) is 48.5 Å². The Kier molecular flexibility index (Phi) is 4.91. The van der Waals surface area contributed by atoms with E-state index in [0.29, 0.717) is 11.9 Å². The van der Waals surface area contributed by atoms with Gasteiger partial charge in [0.15, 0.2) is 0 Å². The van der Waals surface area contributed by atoms with Crippen molar-refractivity contribution in [3.63, 3.8) is 0 Å². The van der Waals surface area contributed by atoms with Gasteiger partial charge in [-0.05, 0) is 75.2 Å². The number of nitrogens with zero attached hydrogens (tertiary/aromatic N) is 3. The third-order valence-corrected chi connectivity index (χ3v) is 7.16. The Hall–Kier alpha value is -2.20. The van der Waals surface area contributed by atoms with Crippen molar-refractivity contribution in [2.75, 3.05) is 19.6 Å². The highest BCUT2D eigenvalue weighted by Gasteiger charge is 2.49. The van der Waals surface area contributed by atoms with Crippen molar-refractivity contribution in [1.82, 2.24) is 14.8 Å². The van der Waals surface area contributed by atoms with E-state index in [1.165, 1.54) is 36.9 Å². The molecule has 1 aromatic carbocycles. The number of carbonyl (C=O) groups excluding carboxylic acids is 1. The Bertz CT molecular complexity index is 869. The second-order valence-corrected chi connectivity index (χ2v) is 9.41. The molecule has 1 atom stereocenters. The van der Waals surface area contributed by atoms with Crippen molar-refractivity contribution in [3.05, 3.63) is 65.5 Å². The van der Waals surface area contributed by atoms with E-state index in [4.69, 9.17) is 0 Å². The zero-order valence-electron chi connectivity index (χ0n) is 17.4. The Morgan fingerprint density at radius 1 is 1.03 bits per heavy atom. The molecule has 2 aliphatic heterocycles. The van der Waals surface area contributed by atoms with Gasteiger partial charge >= 0.3 is 0 Å². The normalized spacial score (nSPS) is 24.8. The quantitative estimate of drug-likeness (QED) is 0.788. The van der Waals surface area contributed by atoms with E-state index in [9.17, 15) is 4.79 Å². The molecule has 4 nitrogen and oxygen atoms in total. The molecule has 0 bridgehead atoms. The molecule has 2 saturated heterocycles. The summed E-state index contributed by atoms with van der Waals surface area (Å²) < 4.78 is 0. The van der Waals surface area contributed by atoms with E-state index in [0.717, 1.165) is 38.3 Å². The van der Waals surface area contributed by atoms with Gasteiger partial charge in [-0.15, -0.1) is 0 Å². The standard InChI is InChI=1S/C25H31N3O/c1-19-6-5-9-21(26-19)17-27-14-12-25(13-15-27)16-23(20-7-3-2-4-8-20)24(29)28(18-25)22-10-11-22/h2-9,22-23H,10-18H2,1H3/t23-/m1/s1. The number of hydrogen-bond acceptors (Lipinski definition) is 3. The maximum atomic E-state index is 13.3.